The fourth-order valence-corrected chi connectivity index (χ4v) is 4.24. The third-order valence-electron chi connectivity index (χ3n) is 4.52. The fraction of sp³-hybridized carbons (Fsp3) is 0.350. The minimum absolute atomic E-state index is 0.0696. The number of anilines is 1. The van der Waals surface area contributed by atoms with Crippen LogP contribution in [0.25, 0.3) is 0 Å². The number of hydrogen-bond donors (Lipinski definition) is 1. The minimum atomic E-state index is -3.73. The number of nitrogens with zero attached hydrogens (tertiary/aromatic N) is 1. The van der Waals surface area contributed by atoms with E-state index >= 15 is 0 Å². The molecule has 0 saturated carbocycles. The Hall–Kier alpha value is -2.13. The molecule has 3 rings (SSSR count). The molecule has 1 aliphatic rings. The van der Waals surface area contributed by atoms with Gasteiger partial charge in [-0.25, -0.2) is 12.7 Å². The second-order valence-electron chi connectivity index (χ2n) is 6.86. The van der Waals surface area contributed by atoms with Crippen LogP contribution in [0.15, 0.2) is 47.4 Å². The van der Waals surface area contributed by atoms with E-state index in [2.05, 4.69) is 5.32 Å². The second kappa shape index (κ2) is 9.13. The van der Waals surface area contributed by atoms with Crippen molar-refractivity contribution in [2.45, 2.75) is 23.8 Å². The Morgan fingerprint density at radius 3 is 2.59 bits per heavy atom. The zero-order chi connectivity index (χ0) is 21.0. The summed E-state index contributed by atoms with van der Waals surface area (Å²) >= 11 is 6.03. The highest BCUT2D eigenvalue weighted by atomic mass is 35.5. The zero-order valence-corrected chi connectivity index (χ0v) is 17.8. The average molecular weight is 439 g/mol. The third kappa shape index (κ3) is 5.27. The molecule has 1 saturated heterocycles. The maximum absolute atomic E-state index is 12.5. The molecule has 0 spiro atoms. The Labute approximate surface area is 175 Å². The molecule has 156 valence electrons. The Kier molecular flexibility index (Phi) is 6.79. The van der Waals surface area contributed by atoms with Crippen LogP contribution in [0.4, 0.5) is 5.69 Å². The second-order valence-corrected chi connectivity index (χ2v) is 9.38. The van der Waals surface area contributed by atoms with E-state index in [4.69, 9.17) is 21.1 Å². The molecule has 1 aliphatic heterocycles. The molecular formula is C20H23ClN2O5S. The van der Waals surface area contributed by atoms with E-state index in [1.165, 1.54) is 26.2 Å². The van der Waals surface area contributed by atoms with Gasteiger partial charge >= 0.3 is 0 Å². The van der Waals surface area contributed by atoms with Gasteiger partial charge in [-0.15, -0.1) is 0 Å². The molecule has 2 aromatic carbocycles. The van der Waals surface area contributed by atoms with Crippen molar-refractivity contribution < 1.29 is 22.7 Å². The van der Waals surface area contributed by atoms with E-state index < -0.39 is 10.0 Å². The van der Waals surface area contributed by atoms with Crippen LogP contribution in [0.2, 0.25) is 5.02 Å². The fourth-order valence-electron chi connectivity index (χ4n) is 2.85. The molecule has 0 radical (unpaired) electrons. The number of nitrogens with one attached hydrogen (secondary N) is 1. The zero-order valence-electron chi connectivity index (χ0n) is 16.2. The summed E-state index contributed by atoms with van der Waals surface area (Å²) < 4.78 is 37.0. The summed E-state index contributed by atoms with van der Waals surface area (Å²) in [6, 6.07) is 11.1. The maximum atomic E-state index is 12.5. The number of benzene rings is 2. The van der Waals surface area contributed by atoms with Crippen molar-refractivity contribution in [3.63, 3.8) is 0 Å². The lowest BCUT2D eigenvalue weighted by molar-refractivity contribution is 0.0679. The molecule has 0 unspecified atom stereocenters. The monoisotopic (exact) mass is 438 g/mol. The molecule has 1 atom stereocenters. The van der Waals surface area contributed by atoms with E-state index in [0.717, 1.165) is 23.8 Å². The van der Waals surface area contributed by atoms with Crippen molar-refractivity contribution in [1.29, 1.82) is 0 Å². The first-order chi connectivity index (χ1) is 13.8. The number of halogens is 1. The largest absolute Gasteiger partial charge is 0.491 e. The third-order valence-corrected chi connectivity index (χ3v) is 6.82. The van der Waals surface area contributed by atoms with Crippen LogP contribution in [-0.4, -0.2) is 52.0 Å². The molecule has 1 N–H and O–H groups in total. The molecule has 0 aromatic heterocycles. The van der Waals surface area contributed by atoms with Gasteiger partial charge in [0, 0.05) is 32.0 Å². The predicted octanol–water partition coefficient (Wildman–Crippen LogP) is 3.40. The summed E-state index contributed by atoms with van der Waals surface area (Å²) in [6.07, 6.45) is 2.17. The highest BCUT2D eigenvalue weighted by Gasteiger charge is 2.21. The van der Waals surface area contributed by atoms with E-state index in [9.17, 15) is 13.2 Å². The molecule has 0 bridgehead atoms. The maximum Gasteiger partial charge on any atom is 0.255 e. The normalized spacial score (nSPS) is 16.8. The lowest BCUT2D eigenvalue weighted by Gasteiger charge is -2.14. The summed E-state index contributed by atoms with van der Waals surface area (Å²) in [5, 5.41) is 2.78. The number of carbonyl (C=O) groups excluding carboxylic acids is 1. The summed E-state index contributed by atoms with van der Waals surface area (Å²) in [7, 11) is -0.894. The van der Waals surface area contributed by atoms with Gasteiger partial charge in [0.2, 0.25) is 10.0 Å². The van der Waals surface area contributed by atoms with Gasteiger partial charge in [-0.3, -0.25) is 4.79 Å². The summed E-state index contributed by atoms with van der Waals surface area (Å²) in [5.74, 6) is 0.286. The van der Waals surface area contributed by atoms with Crippen molar-refractivity contribution in [1.82, 2.24) is 4.31 Å². The van der Waals surface area contributed by atoms with Crippen molar-refractivity contribution in [3.8, 4) is 5.75 Å². The van der Waals surface area contributed by atoms with Gasteiger partial charge in [0.15, 0.2) is 0 Å². The Morgan fingerprint density at radius 1 is 1.24 bits per heavy atom. The van der Waals surface area contributed by atoms with Crippen LogP contribution in [0.3, 0.4) is 0 Å². The SMILES string of the molecule is CN(C)S(=O)(=O)c1cc(NC(=O)c2ccc(OC[C@@H]3CCCO3)cc2)ccc1Cl. The van der Waals surface area contributed by atoms with E-state index in [0.29, 0.717) is 23.6 Å². The highest BCUT2D eigenvalue weighted by Crippen LogP contribution is 2.27. The highest BCUT2D eigenvalue weighted by molar-refractivity contribution is 7.89. The lowest BCUT2D eigenvalue weighted by Crippen LogP contribution is -2.23. The van der Waals surface area contributed by atoms with Crippen LogP contribution in [0, 0.1) is 0 Å². The Bertz CT molecular complexity index is 971. The van der Waals surface area contributed by atoms with Gasteiger partial charge in [-0.05, 0) is 55.3 Å². The Balaban J connectivity index is 1.67. The number of hydrogen-bond acceptors (Lipinski definition) is 5. The predicted molar refractivity (Wildman–Crippen MR) is 111 cm³/mol. The first kappa shape index (κ1) is 21.6. The van der Waals surface area contributed by atoms with Crippen molar-refractivity contribution in [2.24, 2.45) is 0 Å². The summed E-state index contributed by atoms with van der Waals surface area (Å²) in [6.45, 7) is 1.26. The van der Waals surface area contributed by atoms with E-state index in [1.54, 1.807) is 30.3 Å². The van der Waals surface area contributed by atoms with Crippen LogP contribution in [0.5, 0.6) is 5.75 Å². The van der Waals surface area contributed by atoms with Crippen LogP contribution in [0.1, 0.15) is 23.2 Å². The molecule has 7 nitrogen and oxygen atoms in total. The number of amides is 1. The van der Waals surface area contributed by atoms with Gasteiger partial charge in [0.05, 0.1) is 11.1 Å². The standard InChI is InChI=1S/C20H23ClN2O5S/c1-23(2)29(25,26)19-12-15(7-10-18(19)21)22-20(24)14-5-8-16(9-6-14)28-13-17-4-3-11-27-17/h5-10,12,17H,3-4,11,13H2,1-2H3,(H,22,24)/t17-/m0/s1. The average Bonchev–Trinajstić information content (AvgIpc) is 3.21. The van der Waals surface area contributed by atoms with E-state index in [1.807, 2.05) is 0 Å². The van der Waals surface area contributed by atoms with Gasteiger partial charge in [-0.2, -0.15) is 0 Å². The van der Waals surface area contributed by atoms with Crippen LogP contribution in [-0.2, 0) is 14.8 Å². The topological polar surface area (TPSA) is 84.9 Å². The van der Waals surface area contributed by atoms with Crippen LogP contribution < -0.4 is 10.1 Å². The molecular weight excluding hydrogens is 416 g/mol. The first-order valence-corrected chi connectivity index (χ1v) is 11.0. The minimum Gasteiger partial charge on any atom is -0.491 e. The van der Waals surface area contributed by atoms with Crippen molar-refractivity contribution in [3.05, 3.63) is 53.1 Å². The lowest BCUT2D eigenvalue weighted by atomic mass is 10.2. The van der Waals surface area contributed by atoms with Crippen LogP contribution >= 0.6 is 11.6 Å². The number of rotatable bonds is 7. The molecule has 9 heteroatoms. The van der Waals surface area contributed by atoms with Gasteiger partial charge in [0.25, 0.3) is 5.91 Å². The summed E-state index contributed by atoms with van der Waals surface area (Å²) in [4.78, 5) is 12.4. The molecule has 29 heavy (non-hydrogen) atoms. The van der Waals surface area contributed by atoms with Gasteiger partial charge < -0.3 is 14.8 Å². The molecule has 1 heterocycles. The number of sulfonamides is 1. The van der Waals surface area contributed by atoms with Gasteiger partial charge in [0.1, 0.15) is 17.3 Å². The molecule has 1 fully saturated rings. The smallest absolute Gasteiger partial charge is 0.255 e. The quantitative estimate of drug-likeness (QED) is 0.716. The summed E-state index contributed by atoms with van der Waals surface area (Å²) in [5.41, 5.74) is 0.750. The first-order valence-electron chi connectivity index (χ1n) is 9.15. The molecule has 1 amide bonds. The number of ether oxygens (including phenoxy) is 2. The number of carbonyl (C=O) groups is 1. The van der Waals surface area contributed by atoms with Crippen molar-refractivity contribution >= 4 is 33.2 Å². The van der Waals surface area contributed by atoms with E-state index in [-0.39, 0.29) is 21.9 Å². The van der Waals surface area contributed by atoms with Gasteiger partial charge in [-0.1, -0.05) is 11.6 Å². The van der Waals surface area contributed by atoms with Crippen molar-refractivity contribution in [2.75, 3.05) is 32.6 Å². The Morgan fingerprint density at radius 2 is 1.97 bits per heavy atom. The molecule has 0 aliphatic carbocycles. The molecule has 2 aromatic rings.